The van der Waals surface area contributed by atoms with Gasteiger partial charge in [-0.3, -0.25) is 9.48 Å². The Kier molecular flexibility index (Phi) is 4.49. The second-order valence-electron chi connectivity index (χ2n) is 6.73. The zero-order chi connectivity index (χ0) is 15.6. The molecule has 0 amide bonds. The number of aliphatic carboxylic acids is 1. The fourth-order valence-electron chi connectivity index (χ4n) is 3.98. The fraction of sp³-hybridized carbons (Fsp3) is 0.750. The number of nitrogens with zero attached hydrogens (tertiary/aromatic N) is 2. The lowest BCUT2D eigenvalue weighted by Gasteiger charge is -2.29. The molecule has 2 aliphatic rings. The minimum atomic E-state index is -0.750. The highest BCUT2D eigenvalue weighted by atomic mass is 16.4. The van der Waals surface area contributed by atoms with Gasteiger partial charge >= 0.3 is 5.97 Å². The molecule has 0 aromatic carbocycles. The van der Waals surface area contributed by atoms with Gasteiger partial charge in [0.25, 0.3) is 0 Å². The van der Waals surface area contributed by atoms with Crippen molar-refractivity contribution in [1.82, 2.24) is 15.1 Å². The monoisotopic (exact) mass is 307 g/mol. The van der Waals surface area contributed by atoms with E-state index in [-0.39, 0.29) is 6.04 Å². The molecule has 122 valence electrons. The third-order valence-corrected chi connectivity index (χ3v) is 5.21. The van der Waals surface area contributed by atoms with Crippen molar-refractivity contribution in [2.45, 2.75) is 63.6 Å². The van der Waals surface area contributed by atoms with Gasteiger partial charge in [0.2, 0.25) is 0 Å². The Labute approximate surface area is 130 Å². The Morgan fingerprint density at radius 2 is 2.23 bits per heavy atom. The first-order valence-electron chi connectivity index (χ1n) is 8.27. The van der Waals surface area contributed by atoms with Gasteiger partial charge in [-0.2, -0.15) is 5.10 Å². The SMILES string of the molecule is O=C(O)C1(CC(O)CNC2CCCn3nccc32)CCCC1. The van der Waals surface area contributed by atoms with Crippen LogP contribution in [0.4, 0.5) is 0 Å². The molecule has 2 atom stereocenters. The lowest BCUT2D eigenvalue weighted by atomic mass is 9.80. The molecular weight excluding hydrogens is 282 g/mol. The van der Waals surface area contributed by atoms with Gasteiger partial charge in [0, 0.05) is 25.3 Å². The summed E-state index contributed by atoms with van der Waals surface area (Å²) in [6, 6.07) is 2.22. The molecule has 1 aliphatic carbocycles. The van der Waals surface area contributed by atoms with E-state index in [2.05, 4.69) is 10.4 Å². The van der Waals surface area contributed by atoms with Crippen LogP contribution in [0.25, 0.3) is 0 Å². The van der Waals surface area contributed by atoms with Crippen molar-refractivity contribution in [1.29, 1.82) is 0 Å². The molecule has 0 radical (unpaired) electrons. The molecule has 0 bridgehead atoms. The third-order valence-electron chi connectivity index (χ3n) is 5.21. The summed E-state index contributed by atoms with van der Waals surface area (Å²) in [5, 5.41) is 27.5. The Morgan fingerprint density at radius 3 is 2.95 bits per heavy atom. The number of carbonyl (C=O) groups is 1. The van der Waals surface area contributed by atoms with E-state index in [4.69, 9.17) is 0 Å². The molecule has 1 aromatic heterocycles. The zero-order valence-electron chi connectivity index (χ0n) is 12.9. The summed E-state index contributed by atoms with van der Waals surface area (Å²) in [4.78, 5) is 11.6. The Morgan fingerprint density at radius 1 is 1.45 bits per heavy atom. The molecule has 6 heteroatoms. The topological polar surface area (TPSA) is 87.4 Å². The predicted octanol–water partition coefficient (Wildman–Crippen LogP) is 1.70. The Hall–Kier alpha value is -1.40. The molecule has 0 spiro atoms. The van der Waals surface area contributed by atoms with Crippen molar-refractivity contribution < 1.29 is 15.0 Å². The molecule has 1 saturated carbocycles. The minimum Gasteiger partial charge on any atom is -0.481 e. The highest BCUT2D eigenvalue weighted by molar-refractivity contribution is 5.75. The van der Waals surface area contributed by atoms with Gasteiger partial charge in [-0.05, 0) is 38.2 Å². The van der Waals surface area contributed by atoms with Crippen LogP contribution in [0.1, 0.15) is 56.7 Å². The van der Waals surface area contributed by atoms with Crippen molar-refractivity contribution in [3.63, 3.8) is 0 Å². The summed E-state index contributed by atoms with van der Waals surface area (Å²) in [7, 11) is 0. The van der Waals surface area contributed by atoms with Crippen LogP contribution in [-0.2, 0) is 11.3 Å². The Balaban J connectivity index is 1.55. The van der Waals surface area contributed by atoms with E-state index in [9.17, 15) is 15.0 Å². The minimum absolute atomic E-state index is 0.204. The quantitative estimate of drug-likeness (QED) is 0.744. The second kappa shape index (κ2) is 6.38. The van der Waals surface area contributed by atoms with Gasteiger partial charge in [-0.25, -0.2) is 0 Å². The van der Waals surface area contributed by atoms with Crippen LogP contribution in [-0.4, -0.2) is 38.6 Å². The lowest BCUT2D eigenvalue weighted by molar-refractivity contribution is -0.150. The van der Waals surface area contributed by atoms with Gasteiger partial charge in [0.15, 0.2) is 0 Å². The average Bonchev–Trinajstić information content (AvgIpc) is 3.14. The number of aliphatic hydroxyl groups excluding tert-OH is 1. The maximum Gasteiger partial charge on any atom is 0.309 e. The molecular formula is C16H25N3O3. The smallest absolute Gasteiger partial charge is 0.309 e. The van der Waals surface area contributed by atoms with Crippen LogP contribution in [0, 0.1) is 5.41 Å². The maximum atomic E-state index is 11.6. The summed E-state index contributed by atoms with van der Waals surface area (Å²) < 4.78 is 2.00. The summed E-state index contributed by atoms with van der Waals surface area (Å²) in [5.41, 5.74) is 0.447. The fourth-order valence-corrected chi connectivity index (χ4v) is 3.98. The molecule has 1 aliphatic heterocycles. The molecule has 0 saturated heterocycles. The number of fused-ring (bicyclic) bond motifs is 1. The van der Waals surface area contributed by atoms with E-state index in [0.717, 1.165) is 37.9 Å². The van der Waals surface area contributed by atoms with Crippen molar-refractivity contribution in [2.24, 2.45) is 5.41 Å². The van der Waals surface area contributed by atoms with Crippen molar-refractivity contribution in [3.05, 3.63) is 18.0 Å². The van der Waals surface area contributed by atoms with Gasteiger partial charge in [0.05, 0.1) is 17.2 Å². The van der Waals surface area contributed by atoms with Gasteiger partial charge in [-0.15, -0.1) is 0 Å². The molecule has 1 aromatic rings. The number of aromatic nitrogens is 2. The zero-order valence-corrected chi connectivity index (χ0v) is 12.9. The molecule has 2 unspecified atom stereocenters. The summed E-state index contributed by atoms with van der Waals surface area (Å²) in [5.74, 6) is -0.750. The van der Waals surface area contributed by atoms with Gasteiger partial charge in [0.1, 0.15) is 0 Å². The van der Waals surface area contributed by atoms with E-state index >= 15 is 0 Å². The Bertz CT molecular complexity index is 522. The number of nitrogens with one attached hydrogen (secondary N) is 1. The standard InChI is InChI=1S/C16H25N3O3/c20-12(10-16(15(21)22)6-1-2-7-16)11-17-13-4-3-9-19-14(13)5-8-18-19/h5,8,12-13,17,20H,1-4,6-7,9-11H2,(H,21,22). The van der Waals surface area contributed by atoms with Crippen LogP contribution in [0.3, 0.4) is 0 Å². The highest BCUT2D eigenvalue weighted by Gasteiger charge is 2.42. The molecule has 22 heavy (non-hydrogen) atoms. The van der Waals surface area contributed by atoms with Crippen LogP contribution in [0.2, 0.25) is 0 Å². The number of hydrogen-bond acceptors (Lipinski definition) is 4. The molecule has 3 N–H and O–H groups in total. The van der Waals surface area contributed by atoms with Crippen LogP contribution >= 0.6 is 0 Å². The van der Waals surface area contributed by atoms with Gasteiger partial charge < -0.3 is 15.5 Å². The predicted molar refractivity (Wildman–Crippen MR) is 81.4 cm³/mol. The molecule has 1 fully saturated rings. The number of carboxylic acids is 1. The van der Waals surface area contributed by atoms with E-state index in [0.29, 0.717) is 25.8 Å². The number of rotatable bonds is 6. The van der Waals surface area contributed by atoms with Crippen LogP contribution in [0.5, 0.6) is 0 Å². The van der Waals surface area contributed by atoms with Crippen molar-refractivity contribution in [3.8, 4) is 0 Å². The maximum absolute atomic E-state index is 11.6. The molecule has 3 rings (SSSR count). The molecule has 2 heterocycles. The van der Waals surface area contributed by atoms with E-state index in [1.807, 2.05) is 16.9 Å². The first-order valence-corrected chi connectivity index (χ1v) is 8.27. The number of hydrogen-bond donors (Lipinski definition) is 3. The van der Waals surface area contributed by atoms with Crippen LogP contribution in [0.15, 0.2) is 12.3 Å². The largest absolute Gasteiger partial charge is 0.481 e. The average molecular weight is 307 g/mol. The van der Waals surface area contributed by atoms with Crippen molar-refractivity contribution >= 4 is 5.97 Å². The van der Waals surface area contributed by atoms with E-state index < -0.39 is 17.5 Å². The molecule has 6 nitrogen and oxygen atoms in total. The highest BCUT2D eigenvalue weighted by Crippen LogP contribution is 2.42. The normalized spacial score (nSPS) is 24.9. The van der Waals surface area contributed by atoms with E-state index in [1.165, 1.54) is 0 Å². The third kappa shape index (κ3) is 3.03. The number of carboxylic acid groups (broad SMARTS) is 1. The summed E-state index contributed by atoms with van der Waals surface area (Å²) >= 11 is 0. The summed E-state index contributed by atoms with van der Waals surface area (Å²) in [6.07, 6.45) is 6.93. The van der Waals surface area contributed by atoms with Gasteiger partial charge in [-0.1, -0.05) is 12.8 Å². The van der Waals surface area contributed by atoms with Crippen LogP contribution < -0.4 is 5.32 Å². The lowest BCUT2D eigenvalue weighted by Crippen LogP contribution is -2.38. The first kappa shape index (κ1) is 15.5. The van der Waals surface area contributed by atoms with E-state index in [1.54, 1.807) is 0 Å². The van der Waals surface area contributed by atoms with Crippen molar-refractivity contribution in [2.75, 3.05) is 6.54 Å². The summed E-state index contributed by atoms with van der Waals surface area (Å²) in [6.45, 7) is 1.38. The second-order valence-corrected chi connectivity index (χ2v) is 6.73. The first-order chi connectivity index (χ1) is 10.6. The number of aliphatic hydroxyl groups is 1. The number of aryl methyl sites for hydroxylation is 1.